The van der Waals surface area contributed by atoms with E-state index in [-0.39, 0.29) is 5.97 Å². The van der Waals surface area contributed by atoms with Gasteiger partial charge in [0.1, 0.15) is 0 Å². The Morgan fingerprint density at radius 1 is 0.704 bits per heavy atom. The van der Waals surface area contributed by atoms with Gasteiger partial charge < -0.3 is 9.64 Å². The van der Waals surface area contributed by atoms with Crippen LogP contribution >= 0.6 is 0 Å². The van der Waals surface area contributed by atoms with Gasteiger partial charge in [0.05, 0.1) is 6.61 Å². The molecule has 0 radical (unpaired) electrons. The molecule has 0 aromatic carbocycles. The number of carbonyl (C=O) groups excluding carboxylic acids is 1. The first kappa shape index (κ1) is 26.0. The van der Waals surface area contributed by atoms with Crippen LogP contribution in [0.1, 0.15) is 117 Å². The van der Waals surface area contributed by atoms with Crippen LogP contribution in [0.2, 0.25) is 0 Å². The van der Waals surface area contributed by atoms with Gasteiger partial charge in [-0.2, -0.15) is 0 Å². The molecule has 0 N–H and O–H groups in total. The van der Waals surface area contributed by atoms with Gasteiger partial charge in [0.25, 0.3) is 0 Å². The van der Waals surface area contributed by atoms with Crippen molar-refractivity contribution in [2.75, 3.05) is 20.7 Å². The number of unbranched alkanes of at least 4 members (excludes halogenated alkanes) is 15. The maximum Gasteiger partial charge on any atom is 0.335 e. The van der Waals surface area contributed by atoms with E-state index < -0.39 is 0 Å². The van der Waals surface area contributed by atoms with Crippen LogP contribution in [-0.2, 0) is 9.53 Å². The normalized spacial score (nSPS) is 11.6. The lowest BCUT2D eigenvalue weighted by Gasteiger charge is -2.08. The van der Waals surface area contributed by atoms with Crippen molar-refractivity contribution in [3.63, 3.8) is 0 Å². The Morgan fingerprint density at radius 2 is 1.07 bits per heavy atom. The summed E-state index contributed by atoms with van der Waals surface area (Å²) in [6.07, 6.45) is 23.5. The van der Waals surface area contributed by atoms with E-state index in [1.807, 2.05) is 19.0 Å². The molecule has 0 saturated heterocycles. The van der Waals surface area contributed by atoms with Gasteiger partial charge in [0, 0.05) is 25.9 Å². The van der Waals surface area contributed by atoms with Crippen LogP contribution in [-0.4, -0.2) is 31.6 Å². The molecule has 0 aromatic rings. The predicted octanol–water partition coefficient (Wildman–Crippen LogP) is 7.26. The smallest absolute Gasteiger partial charge is 0.335 e. The highest BCUT2D eigenvalue weighted by atomic mass is 16.5. The summed E-state index contributed by atoms with van der Waals surface area (Å²) in [5.74, 6) is -0.190. The molecule has 0 unspecified atom stereocenters. The Balaban J connectivity index is 3.22. The van der Waals surface area contributed by atoms with Crippen LogP contribution < -0.4 is 0 Å². The fourth-order valence-electron chi connectivity index (χ4n) is 3.37. The minimum absolute atomic E-state index is 0.190. The molecular weight excluding hydrogens is 334 g/mol. The fraction of sp³-hybridized carbons (Fsp3) is 0.875. The summed E-state index contributed by atoms with van der Waals surface area (Å²) < 4.78 is 5.29. The number of hydrogen-bond acceptors (Lipinski definition) is 3. The molecule has 0 heterocycles. The zero-order chi connectivity index (χ0) is 20.2. The van der Waals surface area contributed by atoms with Crippen LogP contribution in [0.3, 0.4) is 0 Å². The van der Waals surface area contributed by atoms with Crippen molar-refractivity contribution in [2.45, 2.75) is 117 Å². The summed E-state index contributed by atoms with van der Waals surface area (Å²) in [6, 6.07) is 0. The second-order valence-corrected chi connectivity index (χ2v) is 8.21. The van der Waals surface area contributed by atoms with Gasteiger partial charge in [-0.15, -0.1) is 0 Å². The minimum atomic E-state index is -0.190. The highest BCUT2D eigenvalue weighted by Crippen LogP contribution is 2.13. The predicted molar refractivity (Wildman–Crippen MR) is 118 cm³/mol. The highest BCUT2D eigenvalue weighted by Gasteiger charge is 2.05. The van der Waals surface area contributed by atoms with Crippen LogP contribution in [0, 0.1) is 0 Å². The van der Waals surface area contributed by atoms with E-state index in [4.69, 9.17) is 4.74 Å². The monoisotopic (exact) mass is 381 g/mol. The van der Waals surface area contributed by atoms with E-state index in [1.165, 1.54) is 96.3 Å². The summed E-state index contributed by atoms with van der Waals surface area (Å²) in [5, 5.41) is 0. The van der Waals surface area contributed by atoms with E-state index in [0.29, 0.717) is 12.2 Å². The lowest BCUT2D eigenvalue weighted by atomic mass is 10.0. The molecule has 0 aliphatic rings. The summed E-state index contributed by atoms with van der Waals surface area (Å²) in [5.41, 5.74) is 0.663. The van der Waals surface area contributed by atoms with E-state index in [0.717, 1.165) is 6.42 Å². The van der Waals surface area contributed by atoms with Gasteiger partial charge in [-0.1, -0.05) is 103 Å². The average Bonchev–Trinajstić information content (AvgIpc) is 2.63. The van der Waals surface area contributed by atoms with Crippen molar-refractivity contribution in [3.05, 3.63) is 11.8 Å². The summed E-state index contributed by atoms with van der Waals surface area (Å²) in [6.45, 7) is 4.63. The number of hydrogen-bond donors (Lipinski definition) is 0. The first-order valence-electron chi connectivity index (χ1n) is 11.6. The van der Waals surface area contributed by atoms with Crippen molar-refractivity contribution in [2.24, 2.45) is 0 Å². The van der Waals surface area contributed by atoms with E-state index in [1.54, 1.807) is 13.1 Å². The summed E-state index contributed by atoms with van der Waals surface area (Å²) in [7, 11) is 3.82. The van der Waals surface area contributed by atoms with Crippen molar-refractivity contribution in [3.8, 4) is 0 Å². The van der Waals surface area contributed by atoms with Gasteiger partial charge in [-0.3, -0.25) is 0 Å². The van der Waals surface area contributed by atoms with Crippen LogP contribution in [0.25, 0.3) is 0 Å². The topological polar surface area (TPSA) is 29.5 Å². The van der Waals surface area contributed by atoms with Crippen molar-refractivity contribution >= 4 is 5.97 Å². The molecular formula is C24H47NO2. The standard InChI is InChI=1S/C24H47NO2/c1-5-6-7-8-9-10-11-12-13-14-15-16-17-18-19-20-21-27-24(26)23(2)22-25(3)4/h22H,5-21H2,1-4H3. The Labute approximate surface area is 169 Å². The maximum atomic E-state index is 11.7. The Morgan fingerprint density at radius 3 is 1.44 bits per heavy atom. The SMILES string of the molecule is CCCCCCCCCCCCCCCCCCOC(=O)C(C)=CN(C)C. The maximum absolute atomic E-state index is 11.7. The number of rotatable bonds is 19. The summed E-state index contributed by atoms with van der Waals surface area (Å²) in [4.78, 5) is 13.6. The molecule has 160 valence electrons. The third-order valence-electron chi connectivity index (χ3n) is 5.00. The molecule has 3 heteroatoms. The van der Waals surface area contributed by atoms with Gasteiger partial charge in [-0.05, 0) is 13.3 Å². The van der Waals surface area contributed by atoms with Crippen LogP contribution in [0.4, 0.5) is 0 Å². The highest BCUT2D eigenvalue weighted by molar-refractivity contribution is 5.87. The van der Waals surface area contributed by atoms with Gasteiger partial charge >= 0.3 is 5.97 Å². The molecule has 0 aliphatic heterocycles. The largest absolute Gasteiger partial charge is 0.462 e. The minimum Gasteiger partial charge on any atom is -0.462 e. The molecule has 0 saturated carbocycles. The second kappa shape index (κ2) is 19.8. The van der Waals surface area contributed by atoms with Gasteiger partial charge in [-0.25, -0.2) is 4.79 Å². The lowest BCUT2D eigenvalue weighted by molar-refractivity contribution is -0.139. The van der Waals surface area contributed by atoms with Crippen LogP contribution in [0.5, 0.6) is 0 Å². The van der Waals surface area contributed by atoms with Crippen molar-refractivity contribution < 1.29 is 9.53 Å². The van der Waals surface area contributed by atoms with Crippen molar-refractivity contribution in [1.29, 1.82) is 0 Å². The third-order valence-corrected chi connectivity index (χ3v) is 5.00. The molecule has 0 spiro atoms. The third kappa shape index (κ3) is 19.6. The molecule has 0 rings (SSSR count). The molecule has 27 heavy (non-hydrogen) atoms. The lowest BCUT2D eigenvalue weighted by Crippen LogP contribution is -2.11. The molecule has 3 nitrogen and oxygen atoms in total. The molecule has 0 bridgehead atoms. The average molecular weight is 382 g/mol. The molecule has 0 fully saturated rings. The Bertz CT molecular complexity index is 363. The number of nitrogens with zero attached hydrogens (tertiary/aromatic N) is 1. The van der Waals surface area contributed by atoms with Crippen molar-refractivity contribution in [1.82, 2.24) is 4.90 Å². The zero-order valence-corrected chi connectivity index (χ0v) is 18.9. The second-order valence-electron chi connectivity index (χ2n) is 8.21. The van der Waals surface area contributed by atoms with E-state index in [2.05, 4.69) is 6.92 Å². The first-order chi connectivity index (χ1) is 13.1. The number of ether oxygens (including phenoxy) is 1. The zero-order valence-electron chi connectivity index (χ0n) is 18.9. The Hall–Kier alpha value is -0.990. The van der Waals surface area contributed by atoms with E-state index in [9.17, 15) is 4.79 Å². The van der Waals surface area contributed by atoms with Gasteiger partial charge in [0.15, 0.2) is 0 Å². The molecule has 0 atom stereocenters. The van der Waals surface area contributed by atoms with Gasteiger partial charge in [0.2, 0.25) is 0 Å². The molecule has 0 amide bonds. The number of esters is 1. The first-order valence-corrected chi connectivity index (χ1v) is 11.6. The van der Waals surface area contributed by atoms with Crippen LogP contribution in [0.15, 0.2) is 11.8 Å². The summed E-state index contributed by atoms with van der Waals surface area (Å²) >= 11 is 0. The van der Waals surface area contributed by atoms with E-state index >= 15 is 0 Å². The Kier molecular flexibility index (Phi) is 19.0. The quantitative estimate of drug-likeness (QED) is 0.134. The number of carbonyl (C=O) groups is 1. The molecule has 0 aliphatic carbocycles. The molecule has 0 aromatic heterocycles. The fourth-order valence-corrected chi connectivity index (χ4v) is 3.37.